The number of amides is 1. The van der Waals surface area contributed by atoms with Crippen LogP contribution in [0.5, 0.6) is 0 Å². The van der Waals surface area contributed by atoms with E-state index in [2.05, 4.69) is 0 Å². The van der Waals surface area contributed by atoms with Crippen molar-refractivity contribution in [3.05, 3.63) is 29.8 Å². The summed E-state index contributed by atoms with van der Waals surface area (Å²) in [6.45, 7) is 2.57. The quantitative estimate of drug-likeness (QED) is 0.869. The Kier molecular flexibility index (Phi) is 5.67. The number of hydrogen-bond acceptors (Lipinski definition) is 3. The van der Waals surface area contributed by atoms with Crippen LogP contribution in [0.1, 0.15) is 31.2 Å². The van der Waals surface area contributed by atoms with Gasteiger partial charge in [-0.1, -0.05) is 31.0 Å². The summed E-state index contributed by atoms with van der Waals surface area (Å²) in [6, 6.07) is 7.27. The molecule has 0 radical (unpaired) electrons. The van der Waals surface area contributed by atoms with Crippen molar-refractivity contribution in [3.63, 3.8) is 0 Å². The zero-order valence-corrected chi connectivity index (χ0v) is 13.1. The van der Waals surface area contributed by atoms with Crippen LogP contribution in [-0.2, 0) is 9.59 Å². The van der Waals surface area contributed by atoms with E-state index in [0.717, 1.165) is 29.7 Å². The standard InChI is InChI=1S/C16H21NO3S/c1-12-7-4-5-9-14(12)21-11-15(18)17-10-6-2-3-8-13(17)16(19)20/h4-5,7,9,13H,2-3,6,8,10-11H2,1H3,(H,19,20). The molecule has 1 unspecified atom stereocenters. The smallest absolute Gasteiger partial charge is 0.326 e. The number of likely N-dealkylation sites (tertiary alicyclic amines) is 1. The number of benzene rings is 1. The largest absolute Gasteiger partial charge is 0.480 e. The lowest BCUT2D eigenvalue weighted by Gasteiger charge is -2.26. The summed E-state index contributed by atoms with van der Waals surface area (Å²) in [7, 11) is 0. The van der Waals surface area contributed by atoms with Crippen molar-refractivity contribution in [2.75, 3.05) is 12.3 Å². The van der Waals surface area contributed by atoms with Crippen LogP contribution < -0.4 is 0 Å². The number of carboxylic acid groups (broad SMARTS) is 1. The number of carbonyl (C=O) groups excluding carboxylic acids is 1. The van der Waals surface area contributed by atoms with Gasteiger partial charge < -0.3 is 10.0 Å². The van der Waals surface area contributed by atoms with Gasteiger partial charge in [0.2, 0.25) is 5.91 Å². The molecule has 5 heteroatoms. The Morgan fingerprint density at radius 3 is 2.76 bits per heavy atom. The maximum atomic E-state index is 12.4. The first kappa shape index (κ1) is 15.9. The molecule has 1 aliphatic rings. The highest BCUT2D eigenvalue weighted by atomic mass is 32.2. The van der Waals surface area contributed by atoms with E-state index in [0.29, 0.717) is 18.7 Å². The SMILES string of the molecule is Cc1ccccc1SCC(=O)N1CCCCCC1C(=O)O. The monoisotopic (exact) mass is 307 g/mol. The number of carboxylic acids is 1. The molecule has 1 aromatic carbocycles. The summed E-state index contributed by atoms with van der Waals surface area (Å²) < 4.78 is 0. The second-order valence-electron chi connectivity index (χ2n) is 5.34. The molecule has 0 aromatic heterocycles. The lowest BCUT2D eigenvalue weighted by Crippen LogP contribution is -2.45. The second-order valence-corrected chi connectivity index (χ2v) is 6.36. The molecule has 1 atom stereocenters. The van der Waals surface area contributed by atoms with Crippen LogP contribution in [0.15, 0.2) is 29.2 Å². The zero-order chi connectivity index (χ0) is 15.2. The van der Waals surface area contributed by atoms with Crippen molar-refractivity contribution >= 4 is 23.6 Å². The molecule has 1 saturated heterocycles. The average Bonchev–Trinajstić information content (AvgIpc) is 2.72. The molecule has 1 aliphatic heterocycles. The van der Waals surface area contributed by atoms with Gasteiger partial charge in [-0.25, -0.2) is 4.79 Å². The number of thioether (sulfide) groups is 1. The van der Waals surface area contributed by atoms with Crippen LogP contribution in [0.2, 0.25) is 0 Å². The molecule has 0 spiro atoms. The third-order valence-corrected chi connectivity index (χ3v) is 4.96. The predicted molar refractivity (Wildman–Crippen MR) is 83.5 cm³/mol. The fourth-order valence-electron chi connectivity index (χ4n) is 2.60. The van der Waals surface area contributed by atoms with Gasteiger partial charge in [0.25, 0.3) is 0 Å². The lowest BCUT2D eigenvalue weighted by atomic mass is 10.1. The molecule has 1 aromatic rings. The van der Waals surface area contributed by atoms with Crippen LogP contribution in [0, 0.1) is 6.92 Å². The number of nitrogens with zero attached hydrogens (tertiary/aromatic N) is 1. The van der Waals surface area contributed by atoms with E-state index < -0.39 is 12.0 Å². The highest BCUT2D eigenvalue weighted by molar-refractivity contribution is 8.00. The summed E-state index contributed by atoms with van der Waals surface area (Å²) in [5.74, 6) is -0.655. The van der Waals surface area contributed by atoms with Crippen molar-refractivity contribution in [1.82, 2.24) is 4.90 Å². The van der Waals surface area contributed by atoms with Crippen LogP contribution in [0.25, 0.3) is 0 Å². The van der Waals surface area contributed by atoms with E-state index in [-0.39, 0.29) is 5.91 Å². The van der Waals surface area contributed by atoms with Crippen molar-refractivity contribution in [1.29, 1.82) is 0 Å². The van der Waals surface area contributed by atoms with Gasteiger partial charge in [0, 0.05) is 11.4 Å². The van der Waals surface area contributed by atoms with Crippen LogP contribution in [0.3, 0.4) is 0 Å². The Bertz CT molecular complexity index is 518. The fraction of sp³-hybridized carbons (Fsp3) is 0.500. The summed E-state index contributed by atoms with van der Waals surface area (Å²) >= 11 is 1.49. The molecule has 1 amide bonds. The molecule has 1 fully saturated rings. The minimum atomic E-state index is -0.883. The van der Waals surface area contributed by atoms with E-state index in [1.54, 1.807) is 4.90 Å². The Hall–Kier alpha value is -1.49. The number of aliphatic carboxylic acids is 1. The molecule has 1 heterocycles. The van der Waals surface area contributed by atoms with Gasteiger partial charge in [0.05, 0.1) is 5.75 Å². The van der Waals surface area contributed by atoms with Gasteiger partial charge in [-0.3, -0.25) is 4.79 Å². The highest BCUT2D eigenvalue weighted by Crippen LogP contribution is 2.24. The molecule has 4 nitrogen and oxygen atoms in total. The molecule has 0 saturated carbocycles. The van der Waals surface area contributed by atoms with Crippen molar-refractivity contribution in [3.8, 4) is 0 Å². The van der Waals surface area contributed by atoms with E-state index >= 15 is 0 Å². The molecule has 2 rings (SSSR count). The summed E-state index contributed by atoms with van der Waals surface area (Å²) in [4.78, 5) is 26.4. The van der Waals surface area contributed by atoms with E-state index in [1.807, 2.05) is 31.2 Å². The third kappa shape index (κ3) is 4.24. The Balaban J connectivity index is 2.00. The van der Waals surface area contributed by atoms with Crippen LogP contribution >= 0.6 is 11.8 Å². The van der Waals surface area contributed by atoms with Crippen molar-refractivity contribution < 1.29 is 14.7 Å². The maximum absolute atomic E-state index is 12.4. The second kappa shape index (κ2) is 7.50. The van der Waals surface area contributed by atoms with Gasteiger partial charge in [-0.2, -0.15) is 0 Å². The average molecular weight is 307 g/mol. The topological polar surface area (TPSA) is 57.6 Å². The van der Waals surface area contributed by atoms with Crippen molar-refractivity contribution in [2.45, 2.75) is 43.5 Å². The van der Waals surface area contributed by atoms with Crippen LogP contribution in [-0.4, -0.2) is 40.2 Å². The van der Waals surface area contributed by atoms with Gasteiger partial charge in [-0.15, -0.1) is 11.8 Å². The molecule has 1 N–H and O–H groups in total. The molecular weight excluding hydrogens is 286 g/mol. The third-order valence-electron chi connectivity index (χ3n) is 3.80. The first-order valence-electron chi connectivity index (χ1n) is 7.30. The molecule has 0 aliphatic carbocycles. The van der Waals surface area contributed by atoms with Gasteiger partial charge >= 0.3 is 5.97 Å². The highest BCUT2D eigenvalue weighted by Gasteiger charge is 2.30. The van der Waals surface area contributed by atoms with E-state index in [1.165, 1.54) is 11.8 Å². The molecule has 21 heavy (non-hydrogen) atoms. The first-order chi connectivity index (χ1) is 10.1. The van der Waals surface area contributed by atoms with E-state index in [9.17, 15) is 14.7 Å². The number of carbonyl (C=O) groups is 2. The number of hydrogen-bond donors (Lipinski definition) is 1. The summed E-state index contributed by atoms with van der Waals surface area (Å²) in [5, 5.41) is 9.31. The first-order valence-corrected chi connectivity index (χ1v) is 8.29. The van der Waals surface area contributed by atoms with Gasteiger partial charge in [0.15, 0.2) is 0 Å². The summed E-state index contributed by atoms with van der Waals surface area (Å²) in [6.07, 6.45) is 3.34. The lowest BCUT2D eigenvalue weighted by molar-refractivity contribution is -0.149. The normalized spacial score (nSPS) is 19.1. The maximum Gasteiger partial charge on any atom is 0.326 e. The van der Waals surface area contributed by atoms with Gasteiger partial charge in [-0.05, 0) is 31.4 Å². The molecule has 114 valence electrons. The van der Waals surface area contributed by atoms with Crippen molar-refractivity contribution in [2.24, 2.45) is 0 Å². The van der Waals surface area contributed by atoms with Crippen LogP contribution in [0.4, 0.5) is 0 Å². The van der Waals surface area contributed by atoms with Gasteiger partial charge in [0.1, 0.15) is 6.04 Å². The number of rotatable bonds is 4. The van der Waals surface area contributed by atoms with E-state index in [4.69, 9.17) is 0 Å². The summed E-state index contributed by atoms with van der Waals surface area (Å²) in [5.41, 5.74) is 1.14. The fourth-order valence-corrected chi connectivity index (χ4v) is 3.52. The molecule has 0 bridgehead atoms. The minimum Gasteiger partial charge on any atom is -0.480 e. The Morgan fingerprint density at radius 2 is 2.05 bits per heavy atom. The minimum absolute atomic E-state index is 0.0717. The predicted octanol–water partition coefficient (Wildman–Crippen LogP) is 2.94. The number of aryl methyl sites for hydroxylation is 1. The Morgan fingerprint density at radius 1 is 1.29 bits per heavy atom. The molecular formula is C16H21NO3S. The Labute approximate surface area is 129 Å². The zero-order valence-electron chi connectivity index (χ0n) is 12.2.